The molecule has 0 radical (unpaired) electrons. The molecule has 2 fully saturated rings. The van der Waals surface area contributed by atoms with Crippen LogP contribution in [0.2, 0.25) is 0 Å². The number of hydrogen-bond acceptors (Lipinski definition) is 7. The Balaban J connectivity index is 1.75. The van der Waals surface area contributed by atoms with Crippen LogP contribution >= 0.6 is 11.8 Å². The number of amides is 1. The van der Waals surface area contributed by atoms with Gasteiger partial charge in [0, 0.05) is 51.1 Å². The van der Waals surface area contributed by atoms with Crippen molar-refractivity contribution in [3.63, 3.8) is 0 Å². The molecule has 1 unspecified atom stereocenters. The molecule has 0 aliphatic carbocycles. The highest BCUT2D eigenvalue weighted by Gasteiger charge is 2.51. The molecule has 0 bridgehead atoms. The van der Waals surface area contributed by atoms with Crippen molar-refractivity contribution in [3.8, 4) is 0 Å². The monoisotopic (exact) mass is 415 g/mol. The van der Waals surface area contributed by atoms with Gasteiger partial charge >= 0.3 is 0 Å². The van der Waals surface area contributed by atoms with Crippen molar-refractivity contribution in [3.05, 3.63) is 0 Å². The molecule has 2 N–H and O–H groups in total. The SMILES string of the molecule is CC(=O)SCCNCCCNC[C@@H]1OC2(CCCCN2C(C)=O)OCC1(C)C. The van der Waals surface area contributed by atoms with Crippen LogP contribution in [0.15, 0.2) is 0 Å². The molecule has 7 nitrogen and oxygen atoms in total. The fraction of sp³-hybridized carbons (Fsp3) is 0.900. The third kappa shape index (κ3) is 6.69. The third-order valence-corrected chi connectivity index (χ3v) is 6.22. The Morgan fingerprint density at radius 3 is 2.61 bits per heavy atom. The molecule has 1 amide bonds. The first-order chi connectivity index (χ1) is 13.3. The van der Waals surface area contributed by atoms with Crippen LogP contribution in [0, 0.1) is 5.41 Å². The Labute approximate surface area is 173 Å². The molecule has 8 heteroatoms. The third-order valence-electron chi connectivity index (χ3n) is 5.40. The molecule has 2 rings (SSSR count). The van der Waals surface area contributed by atoms with Crippen LogP contribution in [0.1, 0.15) is 53.4 Å². The van der Waals surface area contributed by atoms with Crippen molar-refractivity contribution in [1.29, 1.82) is 0 Å². The van der Waals surface area contributed by atoms with Crippen LogP contribution in [0.3, 0.4) is 0 Å². The lowest BCUT2D eigenvalue weighted by molar-refractivity contribution is -0.386. The second-order valence-electron chi connectivity index (χ2n) is 8.37. The van der Waals surface area contributed by atoms with Gasteiger partial charge in [0.15, 0.2) is 5.12 Å². The van der Waals surface area contributed by atoms with Crippen LogP contribution in [0.5, 0.6) is 0 Å². The first-order valence-corrected chi connectivity index (χ1v) is 11.4. The van der Waals surface area contributed by atoms with Crippen molar-refractivity contribution in [2.24, 2.45) is 5.41 Å². The van der Waals surface area contributed by atoms with Gasteiger partial charge in [0.25, 0.3) is 5.91 Å². The van der Waals surface area contributed by atoms with E-state index in [2.05, 4.69) is 24.5 Å². The Kier molecular flexibility index (Phi) is 9.21. The average molecular weight is 416 g/mol. The van der Waals surface area contributed by atoms with E-state index in [4.69, 9.17) is 9.47 Å². The Hall–Kier alpha value is -0.670. The molecule has 2 saturated heterocycles. The molecular weight excluding hydrogens is 378 g/mol. The quantitative estimate of drug-likeness (QED) is 0.557. The molecule has 2 atom stereocenters. The lowest BCUT2D eigenvalue weighted by atomic mass is 9.85. The Morgan fingerprint density at radius 1 is 1.14 bits per heavy atom. The van der Waals surface area contributed by atoms with Crippen molar-refractivity contribution >= 4 is 22.8 Å². The number of hydrogen-bond donors (Lipinski definition) is 2. The van der Waals surface area contributed by atoms with Crippen LogP contribution < -0.4 is 10.6 Å². The topological polar surface area (TPSA) is 79.9 Å². The minimum absolute atomic E-state index is 0.0128. The zero-order valence-electron chi connectivity index (χ0n) is 17.8. The smallest absolute Gasteiger partial charge is 0.254 e. The summed E-state index contributed by atoms with van der Waals surface area (Å²) < 4.78 is 12.6. The summed E-state index contributed by atoms with van der Waals surface area (Å²) in [5.41, 5.74) is -0.111. The summed E-state index contributed by atoms with van der Waals surface area (Å²) in [4.78, 5) is 24.7. The number of piperidine rings is 1. The van der Waals surface area contributed by atoms with E-state index in [1.165, 1.54) is 11.8 Å². The minimum atomic E-state index is -0.887. The number of rotatable bonds is 9. The molecule has 0 saturated carbocycles. The highest BCUT2D eigenvalue weighted by molar-refractivity contribution is 8.13. The predicted octanol–water partition coefficient (Wildman–Crippen LogP) is 1.96. The number of thioether (sulfide) groups is 1. The maximum Gasteiger partial charge on any atom is 0.254 e. The number of nitrogens with one attached hydrogen (secondary N) is 2. The zero-order valence-corrected chi connectivity index (χ0v) is 18.7. The van der Waals surface area contributed by atoms with E-state index in [-0.39, 0.29) is 22.5 Å². The van der Waals surface area contributed by atoms with Gasteiger partial charge in [-0.05, 0) is 32.4 Å². The van der Waals surface area contributed by atoms with Crippen molar-refractivity contribution in [2.75, 3.05) is 45.1 Å². The van der Waals surface area contributed by atoms with Crippen molar-refractivity contribution in [2.45, 2.75) is 65.4 Å². The van der Waals surface area contributed by atoms with Crippen LogP contribution in [0.25, 0.3) is 0 Å². The van der Waals surface area contributed by atoms with E-state index in [0.717, 1.165) is 57.6 Å². The Morgan fingerprint density at radius 2 is 1.89 bits per heavy atom. The summed E-state index contributed by atoms with van der Waals surface area (Å²) in [6.45, 7) is 12.2. The van der Waals surface area contributed by atoms with Crippen LogP contribution in [-0.2, 0) is 19.1 Å². The van der Waals surface area contributed by atoms with E-state index in [1.807, 2.05) is 0 Å². The highest BCUT2D eigenvalue weighted by atomic mass is 32.2. The van der Waals surface area contributed by atoms with Crippen LogP contribution in [0.4, 0.5) is 0 Å². The average Bonchev–Trinajstić information content (AvgIpc) is 2.63. The number of carbonyl (C=O) groups is 2. The maximum atomic E-state index is 12.1. The first kappa shape index (κ1) is 23.6. The fourth-order valence-corrected chi connectivity index (χ4v) is 4.22. The maximum absolute atomic E-state index is 12.1. The second-order valence-corrected chi connectivity index (χ2v) is 9.64. The van der Waals surface area contributed by atoms with Gasteiger partial charge < -0.3 is 20.1 Å². The lowest BCUT2D eigenvalue weighted by Gasteiger charge is -2.54. The van der Waals surface area contributed by atoms with E-state index in [1.54, 1.807) is 18.7 Å². The van der Waals surface area contributed by atoms with Gasteiger partial charge in [-0.1, -0.05) is 25.6 Å². The molecule has 2 heterocycles. The summed E-state index contributed by atoms with van der Waals surface area (Å²) in [6.07, 6.45) is 3.75. The number of ether oxygens (including phenoxy) is 2. The van der Waals surface area contributed by atoms with Crippen molar-refractivity contribution < 1.29 is 19.1 Å². The summed E-state index contributed by atoms with van der Waals surface area (Å²) in [5.74, 6) is -0.0520. The van der Waals surface area contributed by atoms with E-state index in [9.17, 15) is 9.59 Å². The van der Waals surface area contributed by atoms with Gasteiger partial charge in [-0.3, -0.25) is 14.5 Å². The summed E-state index contributed by atoms with van der Waals surface area (Å²) >= 11 is 1.36. The molecule has 0 aromatic rings. The van der Waals surface area contributed by atoms with Gasteiger partial charge in [-0.2, -0.15) is 0 Å². The summed E-state index contributed by atoms with van der Waals surface area (Å²) in [6, 6.07) is 0. The molecule has 2 aliphatic heterocycles. The Bertz CT molecular complexity index is 532. The molecule has 28 heavy (non-hydrogen) atoms. The number of carbonyl (C=O) groups excluding carboxylic acids is 2. The summed E-state index contributed by atoms with van der Waals surface area (Å²) in [5, 5.41) is 7.02. The van der Waals surface area contributed by atoms with Gasteiger partial charge in [0.2, 0.25) is 5.91 Å². The van der Waals surface area contributed by atoms with E-state index >= 15 is 0 Å². The fourth-order valence-electron chi connectivity index (χ4n) is 3.68. The standard InChI is InChI=1S/C20H37N3O4S/c1-16(24)23-12-6-5-8-20(23)26-15-19(3,4)18(27-20)14-22-10-7-9-21-11-13-28-17(2)25/h18,21-22H,5-15H2,1-4H3/t18-,20?/m0/s1. The molecular formula is C20H37N3O4S. The summed E-state index contributed by atoms with van der Waals surface area (Å²) in [7, 11) is 0. The molecule has 2 aliphatic rings. The molecule has 1 spiro atoms. The van der Waals surface area contributed by atoms with Crippen molar-refractivity contribution in [1.82, 2.24) is 15.5 Å². The molecule has 0 aromatic carbocycles. The number of likely N-dealkylation sites (tertiary alicyclic amines) is 1. The van der Waals surface area contributed by atoms with E-state index in [0.29, 0.717) is 13.2 Å². The van der Waals surface area contributed by atoms with Crippen LogP contribution in [-0.4, -0.2) is 73.0 Å². The predicted molar refractivity (Wildman–Crippen MR) is 112 cm³/mol. The van der Waals surface area contributed by atoms with Gasteiger partial charge in [-0.15, -0.1) is 0 Å². The lowest BCUT2D eigenvalue weighted by Crippen LogP contribution is -2.65. The molecule has 0 aromatic heterocycles. The second kappa shape index (κ2) is 10.9. The molecule has 162 valence electrons. The van der Waals surface area contributed by atoms with Gasteiger partial charge in [-0.25, -0.2) is 0 Å². The number of nitrogens with zero attached hydrogens (tertiary/aromatic N) is 1. The zero-order chi connectivity index (χ0) is 20.6. The van der Waals surface area contributed by atoms with Gasteiger partial charge in [0.1, 0.15) is 0 Å². The first-order valence-electron chi connectivity index (χ1n) is 10.4. The minimum Gasteiger partial charge on any atom is -0.332 e. The highest BCUT2D eigenvalue weighted by Crippen LogP contribution is 2.41. The van der Waals surface area contributed by atoms with Gasteiger partial charge in [0.05, 0.1) is 12.7 Å². The van der Waals surface area contributed by atoms with E-state index < -0.39 is 5.91 Å². The normalized spacial score (nSPS) is 27.1. The largest absolute Gasteiger partial charge is 0.332 e.